The van der Waals surface area contributed by atoms with Gasteiger partial charge in [-0.15, -0.1) is 0 Å². The van der Waals surface area contributed by atoms with E-state index in [0.717, 1.165) is 36.7 Å². The monoisotopic (exact) mass is 338 g/mol. The number of halogens is 3. The van der Waals surface area contributed by atoms with Crippen LogP contribution < -0.4 is 0 Å². The SMILES string of the molecule is FCCc1ccc(C2=CCC(C3CCCCC3)CC2)c(F)c1Cl. The van der Waals surface area contributed by atoms with Crippen molar-refractivity contribution in [3.8, 4) is 0 Å². The number of rotatable bonds is 4. The first-order valence-corrected chi connectivity index (χ1v) is 9.30. The largest absolute Gasteiger partial charge is 0.251 e. The Labute approximate surface area is 142 Å². The van der Waals surface area contributed by atoms with E-state index in [4.69, 9.17) is 11.6 Å². The molecular formula is C20H25ClF2. The predicted octanol–water partition coefficient (Wildman–Crippen LogP) is 6.75. The Kier molecular flexibility index (Phi) is 5.74. The van der Waals surface area contributed by atoms with E-state index in [9.17, 15) is 8.78 Å². The van der Waals surface area contributed by atoms with Gasteiger partial charge in [0, 0.05) is 12.0 Å². The lowest BCUT2D eigenvalue weighted by Gasteiger charge is -2.32. The Hall–Kier alpha value is -0.890. The third-order valence-electron chi connectivity index (χ3n) is 5.64. The molecule has 1 unspecified atom stereocenters. The molecule has 126 valence electrons. The van der Waals surface area contributed by atoms with Crippen LogP contribution in [0, 0.1) is 17.7 Å². The van der Waals surface area contributed by atoms with Crippen molar-refractivity contribution >= 4 is 17.2 Å². The highest BCUT2D eigenvalue weighted by Crippen LogP contribution is 2.41. The Balaban J connectivity index is 1.73. The lowest BCUT2D eigenvalue weighted by Crippen LogP contribution is -2.19. The minimum Gasteiger partial charge on any atom is -0.251 e. The smallest absolute Gasteiger partial charge is 0.149 e. The number of benzene rings is 1. The molecule has 1 aromatic carbocycles. The van der Waals surface area contributed by atoms with Crippen molar-refractivity contribution in [3.63, 3.8) is 0 Å². The molecule has 1 atom stereocenters. The van der Waals surface area contributed by atoms with Gasteiger partial charge in [0.05, 0.1) is 11.7 Å². The molecule has 0 heterocycles. The highest BCUT2D eigenvalue weighted by Gasteiger charge is 2.26. The van der Waals surface area contributed by atoms with Crippen molar-refractivity contribution < 1.29 is 8.78 Å². The first-order chi connectivity index (χ1) is 11.2. The topological polar surface area (TPSA) is 0 Å². The Morgan fingerprint density at radius 2 is 1.83 bits per heavy atom. The number of aryl methyl sites for hydroxylation is 1. The number of alkyl halides is 1. The third kappa shape index (κ3) is 3.79. The summed E-state index contributed by atoms with van der Waals surface area (Å²) in [5, 5.41) is 0.0930. The summed E-state index contributed by atoms with van der Waals surface area (Å²) in [5.74, 6) is 1.25. The third-order valence-corrected chi connectivity index (χ3v) is 6.05. The van der Waals surface area contributed by atoms with Gasteiger partial charge in [-0.3, -0.25) is 4.39 Å². The van der Waals surface area contributed by atoms with Gasteiger partial charge in [0.1, 0.15) is 5.82 Å². The van der Waals surface area contributed by atoms with Crippen molar-refractivity contribution in [1.82, 2.24) is 0 Å². The van der Waals surface area contributed by atoms with Crippen molar-refractivity contribution in [2.24, 2.45) is 11.8 Å². The normalized spacial score (nSPS) is 22.9. The van der Waals surface area contributed by atoms with E-state index in [1.165, 1.54) is 32.1 Å². The maximum Gasteiger partial charge on any atom is 0.149 e. The number of hydrogen-bond acceptors (Lipinski definition) is 0. The van der Waals surface area contributed by atoms with E-state index in [2.05, 4.69) is 6.08 Å². The zero-order chi connectivity index (χ0) is 16.2. The Morgan fingerprint density at radius 3 is 2.48 bits per heavy atom. The molecule has 2 aliphatic carbocycles. The van der Waals surface area contributed by atoms with E-state index in [1.54, 1.807) is 12.1 Å². The first kappa shape index (κ1) is 17.0. The molecule has 1 aromatic rings. The zero-order valence-electron chi connectivity index (χ0n) is 13.6. The fourth-order valence-corrected chi connectivity index (χ4v) is 4.52. The average molecular weight is 339 g/mol. The van der Waals surface area contributed by atoms with E-state index >= 15 is 0 Å². The zero-order valence-corrected chi connectivity index (χ0v) is 14.3. The maximum absolute atomic E-state index is 14.5. The van der Waals surface area contributed by atoms with Crippen LogP contribution in [0.3, 0.4) is 0 Å². The Bertz CT molecular complexity index is 573. The number of allylic oxidation sites excluding steroid dienone is 2. The quantitative estimate of drug-likeness (QED) is 0.569. The van der Waals surface area contributed by atoms with Crippen LogP contribution in [0.5, 0.6) is 0 Å². The summed E-state index contributed by atoms with van der Waals surface area (Å²) in [6.07, 6.45) is 12.4. The summed E-state index contributed by atoms with van der Waals surface area (Å²) in [5.41, 5.74) is 2.25. The highest BCUT2D eigenvalue weighted by molar-refractivity contribution is 6.31. The lowest BCUT2D eigenvalue weighted by molar-refractivity contribution is 0.235. The summed E-state index contributed by atoms with van der Waals surface area (Å²) in [6, 6.07) is 3.55. The summed E-state index contributed by atoms with van der Waals surface area (Å²) < 4.78 is 27.0. The van der Waals surface area contributed by atoms with E-state index in [-0.39, 0.29) is 17.3 Å². The predicted molar refractivity (Wildman–Crippen MR) is 93.0 cm³/mol. The van der Waals surface area contributed by atoms with Crippen LogP contribution in [0.15, 0.2) is 18.2 Å². The van der Waals surface area contributed by atoms with E-state index < -0.39 is 6.67 Å². The number of hydrogen-bond donors (Lipinski definition) is 0. The molecule has 23 heavy (non-hydrogen) atoms. The molecule has 0 N–H and O–H groups in total. The summed E-state index contributed by atoms with van der Waals surface area (Å²) in [7, 11) is 0. The molecule has 2 aliphatic rings. The van der Waals surface area contributed by atoms with Crippen LogP contribution in [0.25, 0.3) is 5.57 Å². The second kappa shape index (κ2) is 7.79. The highest BCUT2D eigenvalue weighted by atomic mass is 35.5. The van der Waals surface area contributed by atoms with E-state index in [1.807, 2.05) is 0 Å². The van der Waals surface area contributed by atoms with Crippen LogP contribution in [-0.2, 0) is 6.42 Å². The fourth-order valence-electron chi connectivity index (χ4n) is 4.27. The molecule has 0 nitrogen and oxygen atoms in total. The van der Waals surface area contributed by atoms with Gasteiger partial charge in [0.25, 0.3) is 0 Å². The second-order valence-corrected chi connectivity index (χ2v) is 7.38. The van der Waals surface area contributed by atoms with Crippen LogP contribution in [0.4, 0.5) is 8.78 Å². The minimum absolute atomic E-state index is 0.0930. The average Bonchev–Trinajstić information content (AvgIpc) is 2.60. The molecule has 3 heteroatoms. The van der Waals surface area contributed by atoms with Gasteiger partial charge in [-0.25, -0.2) is 4.39 Å². The molecule has 0 bridgehead atoms. The van der Waals surface area contributed by atoms with Gasteiger partial charge < -0.3 is 0 Å². The lowest BCUT2D eigenvalue weighted by atomic mass is 9.73. The summed E-state index contributed by atoms with van der Waals surface area (Å²) in [4.78, 5) is 0. The molecule has 3 rings (SSSR count). The molecule has 0 radical (unpaired) electrons. The van der Waals surface area contributed by atoms with Crippen molar-refractivity contribution in [2.75, 3.05) is 6.67 Å². The van der Waals surface area contributed by atoms with Crippen LogP contribution in [0.1, 0.15) is 62.5 Å². The van der Waals surface area contributed by atoms with Gasteiger partial charge in [-0.2, -0.15) is 0 Å². The maximum atomic E-state index is 14.5. The van der Waals surface area contributed by atoms with Gasteiger partial charge >= 0.3 is 0 Å². The van der Waals surface area contributed by atoms with Crippen molar-refractivity contribution in [2.45, 2.75) is 57.8 Å². The molecule has 0 saturated heterocycles. The van der Waals surface area contributed by atoms with Gasteiger partial charge in [-0.05, 0) is 42.2 Å². The van der Waals surface area contributed by atoms with E-state index in [0.29, 0.717) is 11.1 Å². The molecular weight excluding hydrogens is 314 g/mol. The van der Waals surface area contributed by atoms with Gasteiger partial charge in [0.15, 0.2) is 0 Å². The van der Waals surface area contributed by atoms with Crippen LogP contribution in [0.2, 0.25) is 5.02 Å². The standard InChI is InChI=1S/C20H25ClF2/c21-19-17(12-13-22)10-11-18(20(19)23)16-8-6-15(7-9-16)14-4-2-1-3-5-14/h8,10-11,14-15H,1-7,9,12-13H2. The van der Waals surface area contributed by atoms with Crippen LogP contribution in [-0.4, -0.2) is 6.67 Å². The second-order valence-electron chi connectivity index (χ2n) is 7.00. The Morgan fingerprint density at radius 1 is 1.04 bits per heavy atom. The van der Waals surface area contributed by atoms with Crippen LogP contribution >= 0.6 is 11.6 Å². The molecule has 0 aromatic heterocycles. The first-order valence-electron chi connectivity index (χ1n) is 8.93. The molecule has 1 saturated carbocycles. The molecule has 1 fully saturated rings. The molecule has 0 spiro atoms. The molecule has 0 aliphatic heterocycles. The summed E-state index contributed by atoms with van der Waals surface area (Å²) in [6.45, 7) is -0.510. The van der Waals surface area contributed by atoms with Crippen molar-refractivity contribution in [3.05, 3.63) is 40.2 Å². The van der Waals surface area contributed by atoms with Gasteiger partial charge in [-0.1, -0.05) is 61.9 Å². The minimum atomic E-state index is -0.510. The molecule has 0 amide bonds. The van der Waals surface area contributed by atoms with Crippen molar-refractivity contribution in [1.29, 1.82) is 0 Å². The fraction of sp³-hybridized carbons (Fsp3) is 0.600. The van der Waals surface area contributed by atoms with Gasteiger partial charge in [0.2, 0.25) is 0 Å². The summed E-state index contributed by atoms with van der Waals surface area (Å²) >= 11 is 6.08.